The molecule has 0 N–H and O–H groups in total. The molecule has 50 valence electrons. The normalized spacial score (nSPS) is 11.1. The minimum Gasteiger partial charge on any atom is -0.0991 e. The molecule has 0 radical (unpaired) electrons. The van der Waals surface area contributed by atoms with Crippen LogP contribution in [0.25, 0.3) is 0 Å². The maximum absolute atomic E-state index is 3.88. The summed E-state index contributed by atoms with van der Waals surface area (Å²) in [6.07, 6.45) is 4.79. The van der Waals surface area contributed by atoms with Crippen molar-refractivity contribution < 1.29 is 0 Å². The van der Waals surface area contributed by atoms with E-state index < -0.39 is 0 Å². The molecule has 0 aromatic rings. The summed E-state index contributed by atoms with van der Waals surface area (Å²) in [5, 5.41) is 0. The summed E-state index contributed by atoms with van der Waals surface area (Å²) in [6, 6.07) is 0. The molecule has 0 aliphatic heterocycles. The van der Waals surface area contributed by atoms with E-state index in [1.807, 2.05) is 13.0 Å². The van der Waals surface area contributed by atoms with Gasteiger partial charge in [0.2, 0.25) is 0 Å². The highest BCUT2D eigenvalue weighted by molar-refractivity contribution is 5.28. The molecular formula is C9H14. The van der Waals surface area contributed by atoms with E-state index in [9.17, 15) is 0 Å². The largest absolute Gasteiger partial charge is 0.0991 e. The van der Waals surface area contributed by atoms with Gasteiger partial charge in [-0.25, -0.2) is 0 Å². The maximum Gasteiger partial charge on any atom is -0.0311 e. The fourth-order valence-corrected chi connectivity index (χ4v) is 0.573. The molecule has 0 aliphatic rings. The zero-order chi connectivity index (χ0) is 7.28. The van der Waals surface area contributed by atoms with Gasteiger partial charge in [0, 0.05) is 0 Å². The van der Waals surface area contributed by atoms with Crippen LogP contribution in [0, 0.1) is 0 Å². The van der Waals surface area contributed by atoms with Gasteiger partial charge < -0.3 is 0 Å². The van der Waals surface area contributed by atoms with Crippen LogP contribution in [0.1, 0.15) is 20.3 Å². The Bertz CT molecular complexity index is 138. The summed E-state index contributed by atoms with van der Waals surface area (Å²) in [5.41, 5.74) is 2.42. The molecule has 0 saturated carbocycles. The topological polar surface area (TPSA) is 0 Å². The monoisotopic (exact) mass is 122 g/mol. The van der Waals surface area contributed by atoms with Gasteiger partial charge in [0.1, 0.15) is 0 Å². The van der Waals surface area contributed by atoms with Crippen molar-refractivity contribution in [3.05, 3.63) is 36.5 Å². The first-order valence-corrected chi connectivity index (χ1v) is 3.19. The third-order valence-corrected chi connectivity index (χ3v) is 1.35. The first kappa shape index (κ1) is 8.22. The summed E-state index contributed by atoms with van der Waals surface area (Å²) >= 11 is 0. The lowest BCUT2D eigenvalue weighted by atomic mass is 10.1. The van der Waals surface area contributed by atoms with E-state index in [4.69, 9.17) is 0 Å². The number of rotatable bonds is 3. The lowest BCUT2D eigenvalue weighted by Crippen LogP contribution is -1.78. The van der Waals surface area contributed by atoms with Crippen LogP contribution >= 0.6 is 0 Å². The summed E-state index contributed by atoms with van der Waals surface area (Å²) < 4.78 is 0. The second kappa shape index (κ2) is 4.13. The van der Waals surface area contributed by atoms with E-state index in [0.29, 0.717) is 0 Å². The van der Waals surface area contributed by atoms with Gasteiger partial charge in [0.25, 0.3) is 0 Å². The van der Waals surface area contributed by atoms with Crippen LogP contribution in [0.2, 0.25) is 0 Å². The van der Waals surface area contributed by atoms with Gasteiger partial charge >= 0.3 is 0 Å². The Morgan fingerprint density at radius 3 is 2.44 bits per heavy atom. The van der Waals surface area contributed by atoms with Gasteiger partial charge in [-0.05, 0) is 18.9 Å². The Morgan fingerprint density at radius 1 is 1.56 bits per heavy atom. The SMILES string of the molecule is C=C/C=C(/C)C(=C)CC. The quantitative estimate of drug-likeness (QED) is 0.504. The molecule has 0 atom stereocenters. The number of hydrogen-bond donors (Lipinski definition) is 0. The molecule has 0 spiro atoms. The van der Waals surface area contributed by atoms with Gasteiger partial charge in [-0.2, -0.15) is 0 Å². The van der Waals surface area contributed by atoms with Gasteiger partial charge in [0.15, 0.2) is 0 Å². The van der Waals surface area contributed by atoms with Crippen LogP contribution in [0.15, 0.2) is 36.5 Å². The highest BCUT2D eigenvalue weighted by Crippen LogP contribution is 2.09. The highest BCUT2D eigenvalue weighted by Gasteiger charge is 1.88. The predicted molar refractivity (Wildman–Crippen MR) is 43.4 cm³/mol. The van der Waals surface area contributed by atoms with E-state index in [0.717, 1.165) is 6.42 Å². The predicted octanol–water partition coefficient (Wildman–Crippen LogP) is 3.08. The van der Waals surface area contributed by atoms with Crippen molar-refractivity contribution in [3.63, 3.8) is 0 Å². The number of allylic oxidation sites excluding steroid dienone is 4. The van der Waals surface area contributed by atoms with Crippen LogP contribution in [0.4, 0.5) is 0 Å². The Labute approximate surface area is 57.6 Å². The lowest BCUT2D eigenvalue weighted by Gasteiger charge is -1.98. The van der Waals surface area contributed by atoms with Crippen molar-refractivity contribution in [2.45, 2.75) is 20.3 Å². The molecule has 0 aromatic heterocycles. The second-order valence-electron chi connectivity index (χ2n) is 2.04. The van der Waals surface area contributed by atoms with Crippen molar-refractivity contribution in [2.75, 3.05) is 0 Å². The third kappa shape index (κ3) is 2.91. The van der Waals surface area contributed by atoms with Crippen molar-refractivity contribution in [3.8, 4) is 0 Å². The standard InChI is InChI=1S/C9H14/c1-5-7-9(4)8(3)6-2/h5,7H,1,3,6H2,2,4H3/b9-7-. The van der Waals surface area contributed by atoms with Gasteiger partial charge in [0.05, 0.1) is 0 Å². The zero-order valence-corrected chi connectivity index (χ0v) is 6.28. The van der Waals surface area contributed by atoms with E-state index >= 15 is 0 Å². The highest BCUT2D eigenvalue weighted by atomic mass is 13.9. The summed E-state index contributed by atoms with van der Waals surface area (Å²) in [6.45, 7) is 11.6. The Hall–Kier alpha value is -0.780. The first-order valence-electron chi connectivity index (χ1n) is 3.19. The van der Waals surface area contributed by atoms with Crippen molar-refractivity contribution in [2.24, 2.45) is 0 Å². The molecule has 0 heteroatoms. The molecule has 0 rings (SSSR count). The van der Waals surface area contributed by atoms with E-state index in [2.05, 4.69) is 20.1 Å². The molecule has 9 heavy (non-hydrogen) atoms. The molecule has 0 heterocycles. The summed E-state index contributed by atoms with van der Waals surface area (Å²) in [4.78, 5) is 0. The zero-order valence-electron chi connectivity index (χ0n) is 6.28. The Kier molecular flexibility index (Phi) is 3.78. The van der Waals surface area contributed by atoms with Crippen molar-refractivity contribution in [1.82, 2.24) is 0 Å². The van der Waals surface area contributed by atoms with Crippen LogP contribution < -0.4 is 0 Å². The Balaban J connectivity index is 4.01. The lowest BCUT2D eigenvalue weighted by molar-refractivity contribution is 1.11. The maximum atomic E-state index is 3.88. The molecule has 0 unspecified atom stereocenters. The minimum absolute atomic E-state index is 1.02. The molecule has 0 nitrogen and oxygen atoms in total. The van der Waals surface area contributed by atoms with Crippen LogP contribution in [0.3, 0.4) is 0 Å². The fourth-order valence-electron chi connectivity index (χ4n) is 0.573. The van der Waals surface area contributed by atoms with Crippen LogP contribution in [0.5, 0.6) is 0 Å². The average Bonchev–Trinajstić information content (AvgIpc) is 1.87. The molecule has 0 aromatic carbocycles. The summed E-state index contributed by atoms with van der Waals surface area (Å²) in [7, 11) is 0. The van der Waals surface area contributed by atoms with E-state index in [1.54, 1.807) is 6.08 Å². The van der Waals surface area contributed by atoms with Crippen molar-refractivity contribution >= 4 is 0 Å². The van der Waals surface area contributed by atoms with Gasteiger partial charge in [-0.15, -0.1) is 0 Å². The number of hydrogen-bond acceptors (Lipinski definition) is 0. The molecule has 0 amide bonds. The van der Waals surface area contributed by atoms with Gasteiger partial charge in [-0.3, -0.25) is 0 Å². The van der Waals surface area contributed by atoms with E-state index in [-0.39, 0.29) is 0 Å². The van der Waals surface area contributed by atoms with Crippen molar-refractivity contribution in [1.29, 1.82) is 0 Å². The first-order chi connectivity index (χ1) is 4.22. The third-order valence-electron chi connectivity index (χ3n) is 1.35. The minimum atomic E-state index is 1.02. The average molecular weight is 122 g/mol. The second-order valence-corrected chi connectivity index (χ2v) is 2.04. The molecule has 0 fully saturated rings. The molecule has 0 aliphatic carbocycles. The van der Waals surface area contributed by atoms with E-state index in [1.165, 1.54) is 11.1 Å². The van der Waals surface area contributed by atoms with Crippen LogP contribution in [-0.4, -0.2) is 0 Å². The Morgan fingerprint density at radius 2 is 2.11 bits per heavy atom. The van der Waals surface area contributed by atoms with Crippen LogP contribution in [-0.2, 0) is 0 Å². The fraction of sp³-hybridized carbons (Fsp3) is 0.333. The van der Waals surface area contributed by atoms with Gasteiger partial charge in [-0.1, -0.05) is 37.8 Å². The molecule has 0 bridgehead atoms. The smallest absolute Gasteiger partial charge is 0.0311 e. The molecule has 0 saturated heterocycles. The summed E-state index contributed by atoms with van der Waals surface area (Å²) in [5.74, 6) is 0. The molecular weight excluding hydrogens is 108 g/mol.